The van der Waals surface area contributed by atoms with Crippen molar-refractivity contribution in [2.75, 3.05) is 0 Å². The lowest BCUT2D eigenvalue weighted by molar-refractivity contribution is 0.416. The molecule has 5 nitrogen and oxygen atoms in total. The minimum atomic E-state index is -0.107. The number of aryl methyl sites for hydroxylation is 1. The third-order valence-electron chi connectivity index (χ3n) is 6.62. The molecule has 0 unspecified atom stereocenters. The van der Waals surface area contributed by atoms with E-state index in [1.807, 2.05) is 48.5 Å². The molecule has 0 saturated heterocycles. The Morgan fingerprint density at radius 1 is 1.03 bits per heavy atom. The van der Waals surface area contributed by atoms with Crippen LogP contribution >= 0.6 is 11.6 Å². The van der Waals surface area contributed by atoms with Crippen LogP contribution in [0.4, 0.5) is 0 Å². The molecule has 168 valence electrons. The van der Waals surface area contributed by atoms with Crippen molar-refractivity contribution in [3.8, 4) is 5.69 Å². The Morgan fingerprint density at radius 3 is 2.52 bits per heavy atom. The summed E-state index contributed by atoms with van der Waals surface area (Å²) in [5, 5.41) is 6.01. The lowest BCUT2D eigenvalue weighted by atomic mass is 9.88. The van der Waals surface area contributed by atoms with E-state index in [0.717, 1.165) is 46.8 Å². The zero-order valence-electron chi connectivity index (χ0n) is 19.0. The molecule has 2 heterocycles. The fourth-order valence-electron chi connectivity index (χ4n) is 4.90. The monoisotopic (exact) mass is 458 g/mol. The normalized spacial score (nSPS) is 15.0. The molecule has 1 saturated carbocycles. The van der Waals surface area contributed by atoms with Gasteiger partial charge in [0.05, 0.1) is 17.1 Å². The largest absolute Gasteiger partial charge is 0.318 e. The lowest BCUT2D eigenvalue weighted by Crippen LogP contribution is -2.25. The maximum Gasteiger partial charge on any atom is 0.282 e. The highest BCUT2D eigenvalue weighted by molar-refractivity contribution is 6.30. The van der Waals surface area contributed by atoms with Crippen LogP contribution in [0.3, 0.4) is 0 Å². The number of benzene rings is 2. The van der Waals surface area contributed by atoms with Gasteiger partial charge < -0.3 is 4.57 Å². The van der Waals surface area contributed by atoms with Crippen molar-refractivity contribution in [1.82, 2.24) is 14.2 Å². The summed E-state index contributed by atoms with van der Waals surface area (Å²) in [5.74, 6) is 1.04. The molecule has 6 heteroatoms. The van der Waals surface area contributed by atoms with Gasteiger partial charge >= 0.3 is 0 Å². The molecule has 0 atom stereocenters. The van der Waals surface area contributed by atoms with Crippen LogP contribution in [0.25, 0.3) is 16.6 Å². The highest BCUT2D eigenvalue weighted by Crippen LogP contribution is 2.32. The second-order valence-electron chi connectivity index (χ2n) is 8.82. The van der Waals surface area contributed by atoms with Crippen LogP contribution in [0.15, 0.2) is 64.5 Å². The van der Waals surface area contributed by atoms with Gasteiger partial charge in [0.1, 0.15) is 5.82 Å². The maximum atomic E-state index is 13.4. The molecule has 0 bridgehead atoms. The molecule has 5 rings (SSSR count). The first-order chi connectivity index (χ1) is 16.0. The quantitative estimate of drug-likeness (QED) is 0.333. The fourth-order valence-corrected chi connectivity index (χ4v) is 5.03. The molecule has 2 aromatic heterocycles. The molecule has 0 aliphatic heterocycles. The van der Waals surface area contributed by atoms with Crippen molar-refractivity contribution < 1.29 is 0 Å². The summed E-state index contributed by atoms with van der Waals surface area (Å²) >= 11 is 6.07. The molecule has 4 aromatic rings. The first-order valence-corrected chi connectivity index (χ1v) is 11.9. The Balaban J connectivity index is 1.60. The van der Waals surface area contributed by atoms with Gasteiger partial charge in [-0.2, -0.15) is 9.78 Å². The summed E-state index contributed by atoms with van der Waals surface area (Å²) in [5.41, 5.74) is 4.80. The molecule has 0 radical (unpaired) electrons. The Bertz CT molecular complexity index is 1390. The van der Waals surface area contributed by atoms with Crippen molar-refractivity contribution in [3.05, 3.63) is 92.7 Å². The standard InChI is InChI=1S/C27H27ClN4O/c1-18-16-21(19(2)31(18)23-14-12-22(28)13-15-23)17-29-32-26(20-8-4-3-5-9-20)30-25-11-7-6-10-24(25)27(32)33/h6-7,10-17,20H,3-5,8-9H2,1-2H3. The van der Waals surface area contributed by atoms with Gasteiger partial charge in [-0.15, -0.1) is 0 Å². The molecule has 1 aliphatic rings. The predicted octanol–water partition coefficient (Wildman–Crippen LogP) is 6.39. The summed E-state index contributed by atoms with van der Waals surface area (Å²) in [6, 6.07) is 17.4. The minimum absolute atomic E-state index is 0.107. The van der Waals surface area contributed by atoms with Crippen LogP contribution in [0.2, 0.25) is 5.02 Å². The average molecular weight is 459 g/mol. The molecule has 1 aliphatic carbocycles. The molecule has 33 heavy (non-hydrogen) atoms. The van der Waals surface area contributed by atoms with E-state index in [1.165, 1.54) is 23.9 Å². The highest BCUT2D eigenvalue weighted by atomic mass is 35.5. The Labute approximate surface area is 198 Å². The van der Waals surface area contributed by atoms with Crippen molar-refractivity contribution >= 4 is 28.7 Å². The van der Waals surface area contributed by atoms with Gasteiger partial charge in [0.15, 0.2) is 0 Å². The highest BCUT2D eigenvalue weighted by Gasteiger charge is 2.22. The molecule has 2 aromatic carbocycles. The second-order valence-corrected chi connectivity index (χ2v) is 9.26. The van der Waals surface area contributed by atoms with Crippen LogP contribution in [0.5, 0.6) is 0 Å². The molecule has 1 fully saturated rings. The third-order valence-corrected chi connectivity index (χ3v) is 6.87. The van der Waals surface area contributed by atoms with Gasteiger partial charge in [-0.3, -0.25) is 4.79 Å². The van der Waals surface area contributed by atoms with Gasteiger partial charge in [0.2, 0.25) is 0 Å². The zero-order valence-corrected chi connectivity index (χ0v) is 19.7. The van der Waals surface area contributed by atoms with E-state index in [2.05, 4.69) is 24.5 Å². The van der Waals surface area contributed by atoms with E-state index in [4.69, 9.17) is 21.7 Å². The maximum absolute atomic E-state index is 13.4. The lowest BCUT2D eigenvalue weighted by Gasteiger charge is -2.22. The number of para-hydroxylation sites is 1. The van der Waals surface area contributed by atoms with Gasteiger partial charge in [-0.05, 0) is 69.2 Å². The van der Waals surface area contributed by atoms with E-state index in [0.29, 0.717) is 10.4 Å². The van der Waals surface area contributed by atoms with E-state index >= 15 is 0 Å². The Kier molecular flexibility index (Phi) is 5.90. The second kappa shape index (κ2) is 8.99. The van der Waals surface area contributed by atoms with Crippen LogP contribution in [-0.4, -0.2) is 20.4 Å². The van der Waals surface area contributed by atoms with Gasteiger partial charge in [0, 0.05) is 33.6 Å². The number of halogens is 1. The van der Waals surface area contributed by atoms with E-state index in [-0.39, 0.29) is 11.5 Å². The van der Waals surface area contributed by atoms with Gasteiger partial charge in [0.25, 0.3) is 5.56 Å². The van der Waals surface area contributed by atoms with Crippen molar-refractivity contribution in [2.45, 2.75) is 51.9 Å². The number of hydrogen-bond acceptors (Lipinski definition) is 3. The number of hydrogen-bond donors (Lipinski definition) is 0. The summed E-state index contributed by atoms with van der Waals surface area (Å²) in [6.45, 7) is 4.13. The summed E-state index contributed by atoms with van der Waals surface area (Å²) in [6.07, 6.45) is 7.46. The van der Waals surface area contributed by atoms with Crippen molar-refractivity contribution in [2.24, 2.45) is 5.10 Å². The van der Waals surface area contributed by atoms with Crippen LogP contribution < -0.4 is 5.56 Å². The first-order valence-electron chi connectivity index (χ1n) is 11.5. The fraction of sp³-hybridized carbons (Fsp3) is 0.296. The van der Waals surface area contributed by atoms with Gasteiger partial charge in [-0.1, -0.05) is 43.0 Å². The summed E-state index contributed by atoms with van der Waals surface area (Å²) in [4.78, 5) is 18.3. The predicted molar refractivity (Wildman–Crippen MR) is 135 cm³/mol. The minimum Gasteiger partial charge on any atom is -0.318 e. The van der Waals surface area contributed by atoms with Gasteiger partial charge in [-0.25, -0.2) is 4.98 Å². The number of fused-ring (bicyclic) bond motifs is 1. The molecular formula is C27H27ClN4O. The van der Waals surface area contributed by atoms with E-state index in [1.54, 1.807) is 6.21 Å². The third kappa shape index (κ3) is 4.13. The SMILES string of the molecule is Cc1cc(C=Nn2c(C3CCCCC3)nc3ccccc3c2=O)c(C)n1-c1ccc(Cl)cc1. The smallest absolute Gasteiger partial charge is 0.282 e. The Morgan fingerprint density at radius 2 is 1.76 bits per heavy atom. The van der Waals surface area contributed by atoms with Crippen molar-refractivity contribution in [3.63, 3.8) is 0 Å². The summed E-state index contributed by atoms with van der Waals surface area (Å²) in [7, 11) is 0. The van der Waals surface area contributed by atoms with Crippen LogP contribution in [0, 0.1) is 13.8 Å². The molecule has 0 spiro atoms. The topological polar surface area (TPSA) is 52.2 Å². The van der Waals surface area contributed by atoms with Crippen molar-refractivity contribution in [1.29, 1.82) is 0 Å². The number of rotatable bonds is 4. The van der Waals surface area contributed by atoms with Crippen LogP contribution in [0.1, 0.15) is 60.8 Å². The zero-order chi connectivity index (χ0) is 22.9. The molecule has 0 N–H and O–H groups in total. The van der Waals surface area contributed by atoms with Crippen LogP contribution in [-0.2, 0) is 0 Å². The number of nitrogens with zero attached hydrogens (tertiary/aromatic N) is 4. The van der Waals surface area contributed by atoms with E-state index < -0.39 is 0 Å². The Hall–Kier alpha value is -3.18. The average Bonchev–Trinajstić information content (AvgIpc) is 3.12. The van der Waals surface area contributed by atoms with E-state index in [9.17, 15) is 4.79 Å². The number of aromatic nitrogens is 3. The molecule has 0 amide bonds. The first kappa shape index (κ1) is 21.7. The summed E-state index contributed by atoms with van der Waals surface area (Å²) < 4.78 is 3.70. The molecular weight excluding hydrogens is 432 g/mol.